The summed E-state index contributed by atoms with van der Waals surface area (Å²) in [5, 5.41) is 10.6. The zero-order chi connectivity index (χ0) is 13.1. The van der Waals surface area contributed by atoms with E-state index in [2.05, 4.69) is 52.8 Å². The predicted octanol–water partition coefficient (Wildman–Crippen LogP) is 4.28. The summed E-state index contributed by atoms with van der Waals surface area (Å²) in [6.45, 7) is 10.7. The van der Waals surface area contributed by atoms with Gasteiger partial charge in [-0.25, -0.2) is 0 Å². The molecule has 0 saturated heterocycles. The predicted molar refractivity (Wildman–Crippen MR) is 74.2 cm³/mol. The van der Waals surface area contributed by atoms with E-state index in [4.69, 9.17) is 0 Å². The normalized spacial score (nSPS) is 13.8. The third kappa shape index (κ3) is 3.10. The Balaban J connectivity index is 3.18. The summed E-state index contributed by atoms with van der Waals surface area (Å²) in [5.41, 5.74) is 3.65. The Morgan fingerprint density at radius 2 is 1.76 bits per heavy atom. The highest BCUT2D eigenvalue weighted by Gasteiger charge is 2.28. The lowest BCUT2D eigenvalue weighted by atomic mass is 9.78. The van der Waals surface area contributed by atoms with E-state index in [0.29, 0.717) is 0 Å². The molecule has 0 amide bonds. The van der Waals surface area contributed by atoms with E-state index in [-0.39, 0.29) is 11.5 Å². The van der Waals surface area contributed by atoms with Crippen molar-refractivity contribution < 1.29 is 5.11 Å². The van der Waals surface area contributed by atoms with Gasteiger partial charge in [0.05, 0.1) is 6.10 Å². The Kier molecular flexibility index (Phi) is 4.76. The molecule has 0 heterocycles. The van der Waals surface area contributed by atoms with E-state index in [1.165, 1.54) is 11.1 Å². The zero-order valence-electron chi connectivity index (χ0n) is 11.9. The average Bonchev–Trinajstić information content (AvgIpc) is 2.36. The first-order chi connectivity index (χ1) is 7.96. The summed E-state index contributed by atoms with van der Waals surface area (Å²) in [4.78, 5) is 0. The molecule has 1 atom stereocenters. The van der Waals surface area contributed by atoms with Crippen LogP contribution in [0.3, 0.4) is 0 Å². The van der Waals surface area contributed by atoms with Crippen LogP contribution in [0.4, 0.5) is 0 Å². The molecular formula is C16H26O. The summed E-state index contributed by atoms with van der Waals surface area (Å²) < 4.78 is 0. The lowest BCUT2D eigenvalue weighted by Crippen LogP contribution is -2.22. The number of aliphatic hydroxyl groups is 1. The van der Waals surface area contributed by atoms with E-state index >= 15 is 0 Å². The molecule has 1 aromatic carbocycles. The van der Waals surface area contributed by atoms with Crippen molar-refractivity contribution in [3.05, 3.63) is 34.9 Å². The van der Waals surface area contributed by atoms with Gasteiger partial charge in [-0.15, -0.1) is 0 Å². The van der Waals surface area contributed by atoms with Crippen LogP contribution in [0, 0.1) is 5.41 Å². The average molecular weight is 234 g/mol. The van der Waals surface area contributed by atoms with Crippen molar-refractivity contribution in [1.29, 1.82) is 0 Å². The third-order valence-electron chi connectivity index (χ3n) is 3.95. The minimum atomic E-state index is -0.367. The van der Waals surface area contributed by atoms with Crippen LogP contribution in [-0.2, 0) is 12.8 Å². The van der Waals surface area contributed by atoms with Crippen LogP contribution in [-0.4, -0.2) is 5.11 Å². The molecule has 0 fully saturated rings. The van der Waals surface area contributed by atoms with Gasteiger partial charge < -0.3 is 5.11 Å². The fourth-order valence-corrected chi connectivity index (χ4v) is 2.06. The molecule has 0 spiro atoms. The highest BCUT2D eigenvalue weighted by atomic mass is 16.3. The molecule has 0 aliphatic heterocycles. The van der Waals surface area contributed by atoms with Crippen molar-refractivity contribution in [2.24, 2.45) is 5.41 Å². The van der Waals surface area contributed by atoms with Crippen LogP contribution >= 0.6 is 0 Å². The van der Waals surface area contributed by atoms with E-state index in [0.717, 1.165) is 24.8 Å². The molecule has 96 valence electrons. The molecule has 0 radical (unpaired) electrons. The van der Waals surface area contributed by atoms with E-state index in [1.54, 1.807) is 0 Å². The third-order valence-corrected chi connectivity index (χ3v) is 3.95. The van der Waals surface area contributed by atoms with Crippen LogP contribution in [0.2, 0.25) is 0 Å². The Morgan fingerprint density at radius 3 is 2.24 bits per heavy atom. The number of hydrogen-bond donors (Lipinski definition) is 1. The van der Waals surface area contributed by atoms with Crippen molar-refractivity contribution in [2.75, 3.05) is 0 Å². The van der Waals surface area contributed by atoms with Crippen LogP contribution in [0.15, 0.2) is 18.2 Å². The van der Waals surface area contributed by atoms with Gasteiger partial charge in [0.1, 0.15) is 0 Å². The second-order valence-corrected chi connectivity index (χ2v) is 5.48. The van der Waals surface area contributed by atoms with Gasteiger partial charge in [-0.05, 0) is 41.4 Å². The number of benzene rings is 1. The van der Waals surface area contributed by atoms with Gasteiger partial charge in [0, 0.05) is 0 Å². The maximum absolute atomic E-state index is 10.6. The number of aryl methyl sites for hydroxylation is 2. The van der Waals surface area contributed by atoms with E-state index in [9.17, 15) is 5.11 Å². The molecule has 0 aliphatic carbocycles. The van der Waals surface area contributed by atoms with Crippen molar-refractivity contribution in [1.82, 2.24) is 0 Å². The Morgan fingerprint density at radius 1 is 1.12 bits per heavy atom. The standard InChI is InChI=1S/C16H26O/c1-6-12-9-10-13(7-2)14(11-12)15(17)16(4,5)8-3/h9-11,15,17H,6-8H2,1-5H3. The van der Waals surface area contributed by atoms with Crippen molar-refractivity contribution in [3.63, 3.8) is 0 Å². The van der Waals surface area contributed by atoms with Crippen molar-refractivity contribution in [3.8, 4) is 0 Å². The second-order valence-electron chi connectivity index (χ2n) is 5.48. The maximum Gasteiger partial charge on any atom is 0.0843 e. The minimum Gasteiger partial charge on any atom is -0.388 e. The fourth-order valence-electron chi connectivity index (χ4n) is 2.06. The van der Waals surface area contributed by atoms with Gasteiger partial charge in [-0.3, -0.25) is 0 Å². The number of rotatable bonds is 5. The lowest BCUT2D eigenvalue weighted by Gasteiger charge is -2.31. The summed E-state index contributed by atoms with van der Waals surface area (Å²) >= 11 is 0. The molecule has 1 unspecified atom stereocenters. The van der Waals surface area contributed by atoms with Crippen LogP contribution in [0.5, 0.6) is 0 Å². The summed E-state index contributed by atoms with van der Waals surface area (Å²) in [7, 11) is 0. The first kappa shape index (κ1) is 14.2. The van der Waals surface area contributed by atoms with Gasteiger partial charge in [0.2, 0.25) is 0 Å². The molecular weight excluding hydrogens is 208 g/mol. The molecule has 1 nitrogen and oxygen atoms in total. The maximum atomic E-state index is 10.6. The topological polar surface area (TPSA) is 20.2 Å². The zero-order valence-corrected chi connectivity index (χ0v) is 11.9. The minimum absolute atomic E-state index is 0.0592. The van der Waals surface area contributed by atoms with E-state index in [1.807, 2.05) is 0 Å². The Bertz CT molecular complexity index is 366. The highest BCUT2D eigenvalue weighted by Crippen LogP contribution is 2.38. The summed E-state index contributed by atoms with van der Waals surface area (Å²) in [6.07, 6.45) is 2.62. The van der Waals surface area contributed by atoms with Crippen LogP contribution in [0.25, 0.3) is 0 Å². The monoisotopic (exact) mass is 234 g/mol. The molecule has 0 saturated carbocycles. The molecule has 0 bridgehead atoms. The highest BCUT2D eigenvalue weighted by molar-refractivity contribution is 5.34. The second kappa shape index (κ2) is 5.68. The van der Waals surface area contributed by atoms with Crippen molar-refractivity contribution >= 4 is 0 Å². The number of aliphatic hydroxyl groups excluding tert-OH is 1. The molecule has 17 heavy (non-hydrogen) atoms. The Hall–Kier alpha value is -0.820. The fraction of sp³-hybridized carbons (Fsp3) is 0.625. The van der Waals surface area contributed by atoms with Crippen LogP contribution < -0.4 is 0 Å². The van der Waals surface area contributed by atoms with Gasteiger partial charge in [0.25, 0.3) is 0 Å². The van der Waals surface area contributed by atoms with Gasteiger partial charge >= 0.3 is 0 Å². The summed E-state index contributed by atoms with van der Waals surface area (Å²) in [5.74, 6) is 0. The molecule has 0 aromatic heterocycles. The number of hydrogen-bond acceptors (Lipinski definition) is 1. The molecule has 0 aliphatic rings. The summed E-state index contributed by atoms with van der Waals surface area (Å²) in [6, 6.07) is 6.53. The van der Waals surface area contributed by atoms with Gasteiger partial charge in [-0.2, -0.15) is 0 Å². The molecule has 1 N–H and O–H groups in total. The van der Waals surface area contributed by atoms with E-state index < -0.39 is 0 Å². The smallest absolute Gasteiger partial charge is 0.0843 e. The quantitative estimate of drug-likeness (QED) is 0.806. The van der Waals surface area contributed by atoms with Crippen molar-refractivity contribution in [2.45, 2.75) is 60.0 Å². The lowest BCUT2D eigenvalue weighted by molar-refractivity contribution is 0.0458. The molecule has 1 rings (SSSR count). The van der Waals surface area contributed by atoms with Gasteiger partial charge in [0.15, 0.2) is 0 Å². The largest absolute Gasteiger partial charge is 0.388 e. The van der Waals surface area contributed by atoms with Gasteiger partial charge in [-0.1, -0.05) is 52.8 Å². The van der Waals surface area contributed by atoms with Crippen LogP contribution in [0.1, 0.15) is 63.8 Å². The first-order valence-electron chi connectivity index (χ1n) is 6.76. The Labute approximate surface area is 106 Å². The SMILES string of the molecule is CCc1ccc(CC)c(C(O)C(C)(C)CC)c1. The molecule has 1 heteroatoms. The molecule has 1 aromatic rings. The first-order valence-corrected chi connectivity index (χ1v) is 6.76.